The molecule has 1 atom stereocenters. The lowest BCUT2D eigenvalue weighted by molar-refractivity contribution is 0.320. The summed E-state index contributed by atoms with van der Waals surface area (Å²) in [4.78, 5) is 7.33. The standard InChI is InChI=1S/C20H26N2/c1-14-8-9-22(12-14)13-18-10-16(3)20(21-11-18)19-7-5-6-15(2)17(19)4/h5-7,10-11,14H,8-9,12-13H2,1-4H3. The molecule has 0 N–H and O–H groups in total. The summed E-state index contributed by atoms with van der Waals surface area (Å²) in [5.41, 5.74) is 7.66. The zero-order chi connectivity index (χ0) is 15.7. The van der Waals surface area contributed by atoms with Crippen molar-refractivity contribution in [2.45, 2.75) is 40.7 Å². The molecule has 2 aromatic rings. The molecule has 0 saturated carbocycles. The van der Waals surface area contributed by atoms with Crippen LogP contribution in [-0.4, -0.2) is 23.0 Å². The summed E-state index contributed by atoms with van der Waals surface area (Å²) in [5.74, 6) is 0.836. The van der Waals surface area contributed by atoms with Gasteiger partial charge in [0.1, 0.15) is 0 Å². The fourth-order valence-electron chi connectivity index (χ4n) is 3.44. The molecule has 2 nitrogen and oxygen atoms in total. The Morgan fingerprint density at radius 1 is 1.18 bits per heavy atom. The number of nitrogens with zero attached hydrogens (tertiary/aromatic N) is 2. The highest BCUT2D eigenvalue weighted by Gasteiger charge is 2.19. The molecule has 2 heterocycles. The highest BCUT2D eigenvalue weighted by Crippen LogP contribution is 2.27. The van der Waals surface area contributed by atoms with Crippen LogP contribution in [0.15, 0.2) is 30.5 Å². The third-order valence-corrected chi connectivity index (χ3v) is 4.91. The van der Waals surface area contributed by atoms with E-state index < -0.39 is 0 Å². The van der Waals surface area contributed by atoms with E-state index in [0.29, 0.717) is 0 Å². The third-order valence-electron chi connectivity index (χ3n) is 4.91. The van der Waals surface area contributed by atoms with Crippen LogP contribution in [0.4, 0.5) is 0 Å². The maximum absolute atomic E-state index is 4.78. The first-order chi connectivity index (χ1) is 10.5. The summed E-state index contributed by atoms with van der Waals surface area (Å²) in [5, 5.41) is 0. The molecule has 1 aromatic carbocycles. The topological polar surface area (TPSA) is 16.1 Å². The molecule has 1 aliphatic rings. The maximum Gasteiger partial charge on any atom is 0.0734 e. The first-order valence-electron chi connectivity index (χ1n) is 8.29. The molecule has 2 heteroatoms. The lowest BCUT2D eigenvalue weighted by Gasteiger charge is -2.17. The molecule has 22 heavy (non-hydrogen) atoms. The van der Waals surface area contributed by atoms with Crippen molar-refractivity contribution in [3.05, 3.63) is 52.7 Å². The molecule has 1 saturated heterocycles. The molecule has 1 unspecified atom stereocenters. The number of hydrogen-bond acceptors (Lipinski definition) is 2. The van der Waals surface area contributed by atoms with Gasteiger partial charge in [-0.2, -0.15) is 0 Å². The van der Waals surface area contributed by atoms with Gasteiger partial charge in [-0.25, -0.2) is 0 Å². The van der Waals surface area contributed by atoms with E-state index in [1.807, 2.05) is 0 Å². The first-order valence-corrected chi connectivity index (χ1v) is 8.29. The molecule has 0 bridgehead atoms. The Bertz CT molecular complexity index is 675. The van der Waals surface area contributed by atoms with E-state index in [-0.39, 0.29) is 0 Å². The predicted molar refractivity (Wildman–Crippen MR) is 92.9 cm³/mol. The van der Waals surface area contributed by atoms with E-state index in [1.165, 1.54) is 47.3 Å². The summed E-state index contributed by atoms with van der Waals surface area (Å²) in [7, 11) is 0. The molecule has 1 aromatic heterocycles. The Labute approximate surface area is 134 Å². The molecule has 1 aliphatic heterocycles. The van der Waals surface area contributed by atoms with Crippen LogP contribution in [0.3, 0.4) is 0 Å². The number of aromatic nitrogens is 1. The molecule has 0 spiro atoms. The van der Waals surface area contributed by atoms with Crippen molar-refractivity contribution in [1.29, 1.82) is 0 Å². The smallest absolute Gasteiger partial charge is 0.0734 e. The number of aryl methyl sites for hydroxylation is 2. The van der Waals surface area contributed by atoms with Gasteiger partial charge in [-0.3, -0.25) is 9.88 Å². The monoisotopic (exact) mass is 294 g/mol. The average molecular weight is 294 g/mol. The van der Waals surface area contributed by atoms with Crippen LogP contribution in [0.5, 0.6) is 0 Å². The van der Waals surface area contributed by atoms with Gasteiger partial charge in [0.25, 0.3) is 0 Å². The third kappa shape index (κ3) is 3.07. The second-order valence-electron chi connectivity index (χ2n) is 6.89. The van der Waals surface area contributed by atoms with Gasteiger partial charge in [0, 0.05) is 24.8 Å². The summed E-state index contributed by atoms with van der Waals surface area (Å²) in [6.45, 7) is 12.3. The number of pyridine rings is 1. The minimum absolute atomic E-state index is 0.836. The van der Waals surface area contributed by atoms with Gasteiger partial charge in [0.15, 0.2) is 0 Å². The van der Waals surface area contributed by atoms with Crippen LogP contribution < -0.4 is 0 Å². The largest absolute Gasteiger partial charge is 0.299 e. The summed E-state index contributed by atoms with van der Waals surface area (Å²) >= 11 is 0. The molecule has 0 aliphatic carbocycles. The van der Waals surface area contributed by atoms with E-state index in [0.717, 1.165) is 18.2 Å². The van der Waals surface area contributed by atoms with Crippen molar-refractivity contribution in [1.82, 2.24) is 9.88 Å². The Kier molecular flexibility index (Phi) is 4.30. The number of rotatable bonds is 3. The normalized spacial score (nSPS) is 18.8. The molecular weight excluding hydrogens is 268 g/mol. The van der Waals surface area contributed by atoms with Gasteiger partial charge in [0.2, 0.25) is 0 Å². The zero-order valence-electron chi connectivity index (χ0n) is 14.2. The predicted octanol–water partition coefficient (Wildman–Crippen LogP) is 4.52. The van der Waals surface area contributed by atoms with E-state index in [4.69, 9.17) is 4.98 Å². The lowest BCUT2D eigenvalue weighted by atomic mass is 9.97. The Morgan fingerprint density at radius 2 is 2.00 bits per heavy atom. The number of hydrogen-bond donors (Lipinski definition) is 0. The minimum Gasteiger partial charge on any atom is -0.299 e. The fraction of sp³-hybridized carbons (Fsp3) is 0.450. The van der Waals surface area contributed by atoms with Gasteiger partial charge >= 0.3 is 0 Å². The van der Waals surface area contributed by atoms with Crippen molar-refractivity contribution in [3.8, 4) is 11.3 Å². The molecule has 0 amide bonds. The summed E-state index contributed by atoms with van der Waals surface area (Å²) in [6.07, 6.45) is 3.39. The Morgan fingerprint density at radius 3 is 2.68 bits per heavy atom. The second-order valence-corrected chi connectivity index (χ2v) is 6.89. The number of benzene rings is 1. The van der Waals surface area contributed by atoms with Crippen molar-refractivity contribution >= 4 is 0 Å². The van der Waals surface area contributed by atoms with Gasteiger partial charge in [-0.15, -0.1) is 0 Å². The highest BCUT2D eigenvalue weighted by atomic mass is 15.1. The van der Waals surface area contributed by atoms with E-state index in [9.17, 15) is 0 Å². The second kappa shape index (κ2) is 6.21. The van der Waals surface area contributed by atoms with Crippen LogP contribution in [0, 0.1) is 26.7 Å². The van der Waals surface area contributed by atoms with Crippen LogP contribution in [0.25, 0.3) is 11.3 Å². The van der Waals surface area contributed by atoms with Gasteiger partial charge in [-0.1, -0.05) is 31.2 Å². The molecule has 0 radical (unpaired) electrons. The average Bonchev–Trinajstić information content (AvgIpc) is 2.88. The van der Waals surface area contributed by atoms with Crippen LogP contribution >= 0.6 is 0 Å². The molecular formula is C20H26N2. The van der Waals surface area contributed by atoms with Crippen molar-refractivity contribution in [2.24, 2.45) is 5.92 Å². The van der Waals surface area contributed by atoms with Gasteiger partial charge in [0.05, 0.1) is 5.69 Å². The SMILES string of the molecule is Cc1cc(CN2CCC(C)C2)cnc1-c1cccc(C)c1C. The van der Waals surface area contributed by atoms with Crippen LogP contribution in [0.2, 0.25) is 0 Å². The molecule has 1 fully saturated rings. The van der Waals surface area contributed by atoms with Gasteiger partial charge < -0.3 is 0 Å². The maximum atomic E-state index is 4.78. The molecule has 116 valence electrons. The highest BCUT2D eigenvalue weighted by molar-refractivity contribution is 5.68. The van der Waals surface area contributed by atoms with Crippen LogP contribution in [-0.2, 0) is 6.54 Å². The summed E-state index contributed by atoms with van der Waals surface area (Å²) < 4.78 is 0. The van der Waals surface area contributed by atoms with E-state index >= 15 is 0 Å². The lowest BCUT2D eigenvalue weighted by Crippen LogP contribution is -2.19. The zero-order valence-corrected chi connectivity index (χ0v) is 14.2. The van der Waals surface area contributed by atoms with Crippen molar-refractivity contribution < 1.29 is 0 Å². The quantitative estimate of drug-likeness (QED) is 0.827. The number of likely N-dealkylation sites (tertiary alicyclic amines) is 1. The summed E-state index contributed by atoms with van der Waals surface area (Å²) in [6, 6.07) is 8.78. The minimum atomic E-state index is 0.836. The molecule has 3 rings (SSSR count). The van der Waals surface area contributed by atoms with Crippen molar-refractivity contribution in [3.63, 3.8) is 0 Å². The van der Waals surface area contributed by atoms with Crippen molar-refractivity contribution in [2.75, 3.05) is 13.1 Å². The van der Waals surface area contributed by atoms with Crippen LogP contribution in [0.1, 0.15) is 35.6 Å². The van der Waals surface area contributed by atoms with E-state index in [1.54, 1.807) is 0 Å². The Balaban J connectivity index is 1.84. The Hall–Kier alpha value is -1.67. The fourth-order valence-corrected chi connectivity index (χ4v) is 3.44. The van der Waals surface area contributed by atoms with E-state index in [2.05, 4.69) is 63.1 Å². The van der Waals surface area contributed by atoms with Gasteiger partial charge in [-0.05, 0) is 61.9 Å². The first kappa shape index (κ1) is 15.2.